The van der Waals surface area contributed by atoms with Crippen LogP contribution in [0.1, 0.15) is 37.1 Å². The summed E-state index contributed by atoms with van der Waals surface area (Å²) in [4.78, 5) is 16.8. The Kier molecular flexibility index (Phi) is 6.71. The van der Waals surface area contributed by atoms with E-state index in [0.29, 0.717) is 26.3 Å². The molecular weight excluding hydrogens is 386 g/mol. The van der Waals surface area contributed by atoms with Gasteiger partial charge in [0, 0.05) is 44.4 Å². The van der Waals surface area contributed by atoms with Crippen molar-refractivity contribution in [3.63, 3.8) is 0 Å². The van der Waals surface area contributed by atoms with Crippen molar-refractivity contribution in [2.24, 2.45) is 0 Å². The lowest BCUT2D eigenvalue weighted by Crippen LogP contribution is -2.50. The lowest BCUT2D eigenvalue weighted by Gasteiger charge is -2.37. The molecule has 3 heterocycles. The maximum atomic E-state index is 12.9. The topological polar surface area (TPSA) is 63.5 Å². The van der Waals surface area contributed by atoms with Gasteiger partial charge in [0.05, 0.1) is 13.2 Å². The minimum atomic E-state index is 0.138. The third-order valence-corrected chi connectivity index (χ3v) is 6.65. The van der Waals surface area contributed by atoms with Crippen LogP contribution >= 0.6 is 11.8 Å². The zero-order valence-electron chi connectivity index (χ0n) is 17.0. The molecule has 0 bridgehead atoms. The van der Waals surface area contributed by atoms with Gasteiger partial charge in [-0.3, -0.25) is 0 Å². The van der Waals surface area contributed by atoms with Gasteiger partial charge < -0.3 is 19.1 Å². The fraction of sp³-hybridized carbons (Fsp3) is 0.571. The molecule has 2 saturated heterocycles. The highest BCUT2D eigenvalue weighted by Gasteiger charge is 2.31. The largest absolute Gasteiger partial charge is 0.378 e. The average Bonchev–Trinajstić information content (AvgIpc) is 3.21. The first kappa shape index (κ1) is 20.2. The minimum absolute atomic E-state index is 0.138. The zero-order valence-corrected chi connectivity index (χ0v) is 17.8. The first-order chi connectivity index (χ1) is 14.3. The maximum absolute atomic E-state index is 12.9. The second-order valence-corrected chi connectivity index (χ2v) is 8.47. The van der Waals surface area contributed by atoms with Crippen molar-refractivity contribution in [2.45, 2.75) is 43.1 Å². The number of thioether (sulfide) groups is 1. The predicted molar refractivity (Wildman–Crippen MR) is 113 cm³/mol. The van der Waals surface area contributed by atoms with Crippen molar-refractivity contribution in [3.8, 4) is 0 Å². The third-order valence-electron chi connectivity index (χ3n) is 5.61. The smallest absolute Gasteiger partial charge is 0.320 e. The Balaban J connectivity index is 1.43. The second-order valence-electron chi connectivity index (χ2n) is 7.53. The number of piperidine rings is 1. The van der Waals surface area contributed by atoms with Crippen molar-refractivity contribution in [3.05, 3.63) is 41.7 Å². The van der Waals surface area contributed by atoms with Crippen LogP contribution in [-0.2, 0) is 17.0 Å². The Hall–Kier alpha value is -2.06. The fourth-order valence-electron chi connectivity index (χ4n) is 4.04. The molecule has 0 aliphatic carbocycles. The van der Waals surface area contributed by atoms with Gasteiger partial charge in [-0.15, -0.1) is 10.2 Å². The molecule has 0 saturated carbocycles. The Morgan fingerprint density at radius 2 is 1.93 bits per heavy atom. The summed E-state index contributed by atoms with van der Waals surface area (Å²) >= 11 is 1.73. The van der Waals surface area contributed by atoms with E-state index in [1.165, 1.54) is 5.56 Å². The summed E-state index contributed by atoms with van der Waals surface area (Å²) in [6.45, 7) is 7.16. The molecule has 8 heteroatoms. The number of hydrogen-bond donors (Lipinski definition) is 0. The van der Waals surface area contributed by atoms with Crippen LogP contribution in [0.25, 0.3) is 0 Å². The van der Waals surface area contributed by atoms with Crippen LogP contribution in [0.3, 0.4) is 0 Å². The van der Waals surface area contributed by atoms with Gasteiger partial charge in [-0.25, -0.2) is 4.79 Å². The van der Waals surface area contributed by atoms with Crippen molar-refractivity contribution >= 4 is 17.8 Å². The van der Waals surface area contributed by atoms with Gasteiger partial charge in [0.25, 0.3) is 0 Å². The highest BCUT2D eigenvalue weighted by atomic mass is 32.2. The molecule has 7 nitrogen and oxygen atoms in total. The lowest BCUT2D eigenvalue weighted by atomic mass is 9.97. The molecule has 156 valence electrons. The normalized spacial score (nSPS) is 20.1. The second kappa shape index (κ2) is 9.63. The molecule has 2 aromatic rings. The van der Waals surface area contributed by atoms with Gasteiger partial charge in [0.15, 0.2) is 5.16 Å². The number of likely N-dealkylation sites (tertiary alicyclic amines) is 1. The van der Waals surface area contributed by atoms with E-state index in [2.05, 4.69) is 46.0 Å². The third kappa shape index (κ3) is 4.75. The number of hydrogen-bond acceptors (Lipinski definition) is 5. The molecule has 2 fully saturated rings. The predicted octanol–water partition coefficient (Wildman–Crippen LogP) is 3.22. The van der Waals surface area contributed by atoms with Crippen LogP contribution in [0.5, 0.6) is 0 Å². The number of morpholine rings is 1. The van der Waals surface area contributed by atoms with Crippen LogP contribution in [0.4, 0.5) is 4.79 Å². The molecule has 2 amide bonds. The number of ether oxygens (including phenoxy) is 1. The first-order valence-corrected chi connectivity index (χ1v) is 11.5. The van der Waals surface area contributed by atoms with E-state index in [4.69, 9.17) is 4.74 Å². The molecule has 2 aliphatic heterocycles. The number of rotatable bonds is 5. The van der Waals surface area contributed by atoms with E-state index >= 15 is 0 Å². The first-order valence-electron chi connectivity index (χ1n) is 10.5. The summed E-state index contributed by atoms with van der Waals surface area (Å²) in [5.74, 6) is 2.14. The van der Waals surface area contributed by atoms with Gasteiger partial charge in [-0.2, -0.15) is 0 Å². The minimum Gasteiger partial charge on any atom is -0.378 e. The van der Waals surface area contributed by atoms with Crippen LogP contribution < -0.4 is 0 Å². The maximum Gasteiger partial charge on any atom is 0.320 e. The zero-order chi connectivity index (χ0) is 20.1. The van der Waals surface area contributed by atoms with E-state index in [9.17, 15) is 4.79 Å². The molecular formula is C21H29N5O2S. The Morgan fingerprint density at radius 1 is 1.14 bits per heavy atom. The van der Waals surface area contributed by atoms with E-state index in [1.807, 2.05) is 15.9 Å². The van der Waals surface area contributed by atoms with Crippen LogP contribution in [-0.4, -0.2) is 70.0 Å². The summed E-state index contributed by atoms with van der Waals surface area (Å²) in [5, 5.41) is 9.99. The average molecular weight is 416 g/mol. The number of carbonyl (C=O) groups excluding carboxylic acids is 1. The van der Waals surface area contributed by atoms with Crippen molar-refractivity contribution in [2.75, 3.05) is 39.4 Å². The summed E-state index contributed by atoms with van der Waals surface area (Å²) in [7, 11) is 0. The standard InChI is InChI=1S/C21H29N5O2S/c1-2-26-19(22-23-20(26)29-16-17-7-4-3-5-8-17)18-9-6-10-25(15-18)21(27)24-11-13-28-14-12-24/h3-5,7-8,18H,2,6,9-16H2,1H3. The summed E-state index contributed by atoms with van der Waals surface area (Å²) in [5.41, 5.74) is 1.28. The Morgan fingerprint density at radius 3 is 2.69 bits per heavy atom. The lowest BCUT2D eigenvalue weighted by molar-refractivity contribution is 0.0406. The molecule has 1 aromatic carbocycles. The highest BCUT2D eigenvalue weighted by molar-refractivity contribution is 7.98. The summed E-state index contributed by atoms with van der Waals surface area (Å²) < 4.78 is 7.60. The van der Waals surface area contributed by atoms with Gasteiger partial charge in [-0.05, 0) is 25.3 Å². The number of nitrogens with zero attached hydrogens (tertiary/aromatic N) is 5. The summed E-state index contributed by atoms with van der Waals surface area (Å²) in [6.07, 6.45) is 2.05. The molecule has 4 rings (SSSR count). The van der Waals surface area contributed by atoms with E-state index in [-0.39, 0.29) is 11.9 Å². The molecule has 2 aliphatic rings. The van der Waals surface area contributed by atoms with Crippen molar-refractivity contribution < 1.29 is 9.53 Å². The Labute approximate surface area is 176 Å². The quantitative estimate of drug-likeness (QED) is 0.702. The van der Waals surface area contributed by atoms with Crippen molar-refractivity contribution in [1.82, 2.24) is 24.6 Å². The Bertz CT molecular complexity index is 807. The van der Waals surface area contributed by atoms with Gasteiger partial charge in [0.2, 0.25) is 0 Å². The number of amides is 2. The van der Waals surface area contributed by atoms with E-state index in [0.717, 1.165) is 49.2 Å². The monoisotopic (exact) mass is 415 g/mol. The number of carbonyl (C=O) groups is 1. The van der Waals surface area contributed by atoms with Crippen molar-refractivity contribution in [1.29, 1.82) is 0 Å². The van der Waals surface area contributed by atoms with Gasteiger partial charge >= 0.3 is 6.03 Å². The molecule has 0 N–H and O–H groups in total. The van der Waals surface area contributed by atoms with Gasteiger partial charge in [-0.1, -0.05) is 42.1 Å². The van der Waals surface area contributed by atoms with E-state index in [1.54, 1.807) is 11.8 Å². The molecule has 1 aromatic heterocycles. The number of urea groups is 1. The summed E-state index contributed by atoms with van der Waals surface area (Å²) in [6, 6.07) is 10.6. The van der Waals surface area contributed by atoms with Gasteiger partial charge in [0.1, 0.15) is 5.82 Å². The SMILES string of the molecule is CCn1c(SCc2ccccc2)nnc1C1CCCN(C(=O)N2CCOCC2)C1. The molecule has 1 unspecified atom stereocenters. The molecule has 0 radical (unpaired) electrons. The number of benzene rings is 1. The van der Waals surface area contributed by atoms with E-state index < -0.39 is 0 Å². The molecule has 29 heavy (non-hydrogen) atoms. The molecule has 0 spiro atoms. The highest BCUT2D eigenvalue weighted by Crippen LogP contribution is 2.30. The molecule has 1 atom stereocenters. The van der Waals surface area contributed by atoms with Crippen LogP contribution in [0.15, 0.2) is 35.5 Å². The van der Waals surface area contributed by atoms with Crippen LogP contribution in [0.2, 0.25) is 0 Å². The fourth-order valence-corrected chi connectivity index (χ4v) is 5.01. The van der Waals surface area contributed by atoms with Crippen LogP contribution in [0, 0.1) is 0 Å². The number of aromatic nitrogens is 3.